The number of rotatable bonds is 5. The molecule has 106 valence electrons. The summed E-state index contributed by atoms with van der Waals surface area (Å²) in [4.78, 5) is 6.84. The van der Waals surface area contributed by atoms with Gasteiger partial charge in [0.05, 0.1) is 18.9 Å². The van der Waals surface area contributed by atoms with Crippen molar-refractivity contribution in [3.05, 3.63) is 24.0 Å². The number of hydrogen-bond acceptors (Lipinski definition) is 4. The van der Waals surface area contributed by atoms with Gasteiger partial charge in [0.25, 0.3) is 0 Å². The minimum atomic E-state index is 0.438. The Bertz CT molecular complexity index is 395. The van der Waals surface area contributed by atoms with E-state index in [0.717, 1.165) is 38.5 Å². The van der Waals surface area contributed by atoms with Gasteiger partial charge in [-0.05, 0) is 31.5 Å². The molecule has 1 aliphatic rings. The molecule has 0 aliphatic carbocycles. The normalized spacial score (nSPS) is 20.0. The van der Waals surface area contributed by atoms with Crippen LogP contribution in [0.15, 0.2) is 18.3 Å². The molecule has 2 heterocycles. The van der Waals surface area contributed by atoms with Gasteiger partial charge in [-0.25, -0.2) is 0 Å². The molecule has 0 aromatic carbocycles. The summed E-state index contributed by atoms with van der Waals surface area (Å²) in [7, 11) is 0. The molecule has 4 nitrogen and oxygen atoms in total. The van der Waals surface area contributed by atoms with Crippen LogP contribution in [-0.2, 0) is 11.3 Å². The zero-order valence-electron chi connectivity index (χ0n) is 12.2. The van der Waals surface area contributed by atoms with Gasteiger partial charge in [-0.1, -0.05) is 13.8 Å². The van der Waals surface area contributed by atoms with Crippen LogP contribution in [0.2, 0.25) is 0 Å². The fraction of sp³-hybridized carbons (Fsp3) is 0.667. The van der Waals surface area contributed by atoms with E-state index >= 15 is 0 Å². The Morgan fingerprint density at radius 3 is 3.11 bits per heavy atom. The van der Waals surface area contributed by atoms with E-state index in [1.807, 2.05) is 6.20 Å². The maximum atomic E-state index is 5.49. The summed E-state index contributed by atoms with van der Waals surface area (Å²) in [6, 6.07) is 4.72. The number of ether oxygens (including phenoxy) is 1. The first kappa shape index (κ1) is 14.3. The van der Waals surface area contributed by atoms with Crippen molar-refractivity contribution in [2.24, 2.45) is 5.92 Å². The third-order valence-electron chi connectivity index (χ3n) is 3.36. The SMILES string of the molecule is CC(C)CNCc1cc(N2CCOCC2C)ccn1. The van der Waals surface area contributed by atoms with Gasteiger partial charge in [0, 0.05) is 31.0 Å². The van der Waals surface area contributed by atoms with Gasteiger partial charge in [0.1, 0.15) is 0 Å². The second-order valence-electron chi connectivity index (χ2n) is 5.65. The van der Waals surface area contributed by atoms with Crippen LogP contribution in [0, 0.1) is 5.92 Å². The van der Waals surface area contributed by atoms with Crippen molar-refractivity contribution in [1.82, 2.24) is 10.3 Å². The van der Waals surface area contributed by atoms with E-state index in [9.17, 15) is 0 Å². The monoisotopic (exact) mass is 263 g/mol. The maximum Gasteiger partial charge on any atom is 0.0668 e. The minimum absolute atomic E-state index is 0.438. The Balaban J connectivity index is 1.98. The highest BCUT2D eigenvalue weighted by Gasteiger charge is 2.19. The van der Waals surface area contributed by atoms with Crippen molar-refractivity contribution in [2.45, 2.75) is 33.4 Å². The highest BCUT2D eigenvalue weighted by molar-refractivity contribution is 5.47. The summed E-state index contributed by atoms with van der Waals surface area (Å²) in [5.74, 6) is 0.669. The summed E-state index contributed by atoms with van der Waals surface area (Å²) in [6.07, 6.45) is 1.91. The van der Waals surface area contributed by atoms with Gasteiger partial charge in [0.2, 0.25) is 0 Å². The highest BCUT2D eigenvalue weighted by atomic mass is 16.5. The molecule has 0 amide bonds. The van der Waals surface area contributed by atoms with Crippen LogP contribution in [0.4, 0.5) is 5.69 Å². The lowest BCUT2D eigenvalue weighted by Gasteiger charge is -2.35. The van der Waals surface area contributed by atoms with Crippen LogP contribution in [-0.4, -0.2) is 37.3 Å². The maximum absolute atomic E-state index is 5.49. The lowest BCUT2D eigenvalue weighted by molar-refractivity contribution is 0.0989. The number of anilines is 1. The first-order chi connectivity index (χ1) is 9.16. The van der Waals surface area contributed by atoms with Crippen molar-refractivity contribution in [1.29, 1.82) is 0 Å². The molecule has 0 spiro atoms. The molecule has 2 rings (SSSR count). The highest BCUT2D eigenvalue weighted by Crippen LogP contribution is 2.19. The summed E-state index contributed by atoms with van der Waals surface area (Å²) in [6.45, 7) is 11.1. The van der Waals surface area contributed by atoms with Gasteiger partial charge >= 0.3 is 0 Å². The summed E-state index contributed by atoms with van der Waals surface area (Å²) in [5.41, 5.74) is 2.36. The molecule has 1 fully saturated rings. The number of nitrogens with zero attached hydrogens (tertiary/aromatic N) is 2. The third-order valence-corrected chi connectivity index (χ3v) is 3.36. The van der Waals surface area contributed by atoms with Crippen molar-refractivity contribution >= 4 is 5.69 Å². The van der Waals surface area contributed by atoms with Crippen molar-refractivity contribution in [2.75, 3.05) is 31.2 Å². The molecule has 4 heteroatoms. The number of hydrogen-bond donors (Lipinski definition) is 1. The second kappa shape index (κ2) is 6.87. The first-order valence-corrected chi connectivity index (χ1v) is 7.17. The smallest absolute Gasteiger partial charge is 0.0668 e. The van der Waals surface area contributed by atoms with E-state index in [0.29, 0.717) is 12.0 Å². The molecule has 0 bridgehead atoms. The van der Waals surface area contributed by atoms with E-state index in [1.54, 1.807) is 0 Å². The summed E-state index contributed by atoms with van der Waals surface area (Å²) < 4.78 is 5.49. The van der Waals surface area contributed by atoms with Gasteiger partial charge in [0.15, 0.2) is 0 Å². The average Bonchev–Trinajstić information content (AvgIpc) is 2.39. The van der Waals surface area contributed by atoms with Crippen molar-refractivity contribution in [3.8, 4) is 0 Å². The van der Waals surface area contributed by atoms with E-state index in [1.165, 1.54) is 5.69 Å². The molecule has 0 radical (unpaired) electrons. The molecule has 1 aromatic heterocycles. The lowest BCUT2D eigenvalue weighted by atomic mass is 10.2. The van der Waals surface area contributed by atoms with Crippen molar-refractivity contribution < 1.29 is 4.74 Å². The zero-order chi connectivity index (χ0) is 13.7. The molecule has 1 unspecified atom stereocenters. The van der Waals surface area contributed by atoms with Crippen LogP contribution in [0.1, 0.15) is 26.5 Å². The van der Waals surface area contributed by atoms with Crippen molar-refractivity contribution in [3.63, 3.8) is 0 Å². The fourth-order valence-corrected chi connectivity index (χ4v) is 2.34. The molecule has 1 saturated heterocycles. The summed E-state index contributed by atoms with van der Waals surface area (Å²) >= 11 is 0. The van der Waals surface area contributed by atoms with Crippen LogP contribution < -0.4 is 10.2 Å². The molecular formula is C15H25N3O. The first-order valence-electron chi connectivity index (χ1n) is 7.17. The van der Waals surface area contributed by atoms with E-state index in [4.69, 9.17) is 4.74 Å². The number of pyridine rings is 1. The van der Waals surface area contributed by atoms with Crippen LogP contribution in [0.3, 0.4) is 0 Å². The molecular weight excluding hydrogens is 238 g/mol. The van der Waals surface area contributed by atoms with Gasteiger partial charge < -0.3 is 15.0 Å². The van der Waals surface area contributed by atoms with Crippen LogP contribution in [0.25, 0.3) is 0 Å². The molecule has 0 saturated carbocycles. The molecule has 1 aliphatic heterocycles. The lowest BCUT2D eigenvalue weighted by Crippen LogP contribution is -2.43. The topological polar surface area (TPSA) is 37.4 Å². The van der Waals surface area contributed by atoms with Crippen LogP contribution in [0.5, 0.6) is 0 Å². The number of nitrogens with one attached hydrogen (secondary N) is 1. The van der Waals surface area contributed by atoms with Gasteiger partial charge in [-0.2, -0.15) is 0 Å². The van der Waals surface area contributed by atoms with Crippen LogP contribution >= 0.6 is 0 Å². The predicted octanol–water partition coefficient (Wildman–Crippen LogP) is 2.05. The minimum Gasteiger partial charge on any atom is -0.377 e. The Kier molecular flexibility index (Phi) is 5.16. The molecule has 1 N–H and O–H groups in total. The molecule has 1 aromatic rings. The molecule has 1 atom stereocenters. The number of aromatic nitrogens is 1. The van der Waals surface area contributed by atoms with E-state index in [2.05, 4.69) is 48.1 Å². The van der Waals surface area contributed by atoms with Gasteiger partial charge in [-0.15, -0.1) is 0 Å². The standard InChI is InChI=1S/C15H25N3O/c1-12(2)9-16-10-14-8-15(4-5-17-14)18-6-7-19-11-13(18)3/h4-5,8,12-13,16H,6-7,9-11H2,1-3H3. The summed E-state index contributed by atoms with van der Waals surface area (Å²) in [5, 5.41) is 3.44. The van der Waals surface area contributed by atoms with E-state index < -0.39 is 0 Å². The largest absolute Gasteiger partial charge is 0.377 e. The Morgan fingerprint density at radius 2 is 2.37 bits per heavy atom. The number of morpholine rings is 1. The Labute approximate surface area is 116 Å². The Hall–Kier alpha value is -1.13. The Morgan fingerprint density at radius 1 is 1.53 bits per heavy atom. The fourth-order valence-electron chi connectivity index (χ4n) is 2.34. The van der Waals surface area contributed by atoms with E-state index in [-0.39, 0.29) is 0 Å². The molecule has 19 heavy (non-hydrogen) atoms. The third kappa shape index (κ3) is 4.18. The predicted molar refractivity (Wildman–Crippen MR) is 78.4 cm³/mol. The average molecular weight is 263 g/mol. The van der Waals surface area contributed by atoms with Gasteiger partial charge in [-0.3, -0.25) is 4.98 Å². The second-order valence-corrected chi connectivity index (χ2v) is 5.65. The zero-order valence-corrected chi connectivity index (χ0v) is 12.2. The quantitative estimate of drug-likeness (QED) is 0.882.